The summed E-state index contributed by atoms with van der Waals surface area (Å²) < 4.78 is 0.970. The first-order chi connectivity index (χ1) is 8.40. The first-order valence-corrected chi connectivity index (χ1v) is 6.18. The number of halogens is 1. The average molecular weight is 315 g/mol. The number of benzene rings is 1. The second kappa shape index (κ2) is 6.39. The Labute approximate surface area is 114 Å². The highest BCUT2D eigenvalue weighted by atomic mass is 79.9. The van der Waals surface area contributed by atoms with Crippen molar-refractivity contribution in [2.45, 2.75) is 19.5 Å². The molecule has 18 heavy (non-hydrogen) atoms. The van der Waals surface area contributed by atoms with Gasteiger partial charge >= 0.3 is 12.0 Å². The lowest BCUT2D eigenvalue weighted by molar-refractivity contribution is -0.138. The second-order valence-corrected chi connectivity index (χ2v) is 4.91. The van der Waals surface area contributed by atoms with Gasteiger partial charge in [-0.25, -0.2) is 4.79 Å². The Hall–Kier alpha value is -1.56. The van der Waals surface area contributed by atoms with Gasteiger partial charge in [-0.2, -0.15) is 0 Å². The Morgan fingerprint density at radius 1 is 1.39 bits per heavy atom. The third kappa shape index (κ3) is 4.37. The third-order valence-electron chi connectivity index (χ3n) is 2.39. The van der Waals surface area contributed by atoms with Crippen molar-refractivity contribution in [2.75, 3.05) is 7.05 Å². The zero-order valence-electron chi connectivity index (χ0n) is 10.2. The van der Waals surface area contributed by atoms with Crippen LogP contribution in [0, 0.1) is 0 Å². The number of carbonyl (C=O) groups excluding carboxylic acids is 1. The lowest BCUT2D eigenvalue weighted by Crippen LogP contribution is -2.44. The maximum atomic E-state index is 11.7. The lowest BCUT2D eigenvalue weighted by Gasteiger charge is -2.19. The predicted molar refractivity (Wildman–Crippen MR) is 71.2 cm³/mol. The van der Waals surface area contributed by atoms with E-state index in [-0.39, 0.29) is 0 Å². The molecule has 0 bridgehead atoms. The maximum absolute atomic E-state index is 11.7. The van der Waals surface area contributed by atoms with E-state index in [1.54, 1.807) is 7.05 Å². The van der Waals surface area contributed by atoms with Gasteiger partial charge in [-0.15, -0.1) is 0 Å². The molecule has 1 aromatic carbocycles. The van der Waals surface area contributed by atoms with Crippen molar-refractivity contribution in [3.63, 3.8) is 0 Å². The minimum Gasteiger partial charge on any atom is -0.480 e. The fraction of sp³-hybridized carbons (Fsp3) is 0.333. The summed E-state index contributed by atoms with van der Waals surface area (Å²) in [6, 6.07) is 6.27. The van der Waals surface area contributed by atoms with Gasteiger partial charge in [-0.1, -0.05) is 28.1 Å². The van der Waals surface area contributed by atoms with Crippen LogP contribution in [0.4, 0.5) is 4.79 Å². The fourth-order valence-electron chi connectivity index (χ4n) is 1.29. The van der Waals surface area contributed by atoms with Crippen molar-refractivity contribution < 1.29 is 14.7 Å². The largest absolute Gasteiger partial charge is 0.480 e. The molecule has 1 rings (SSSR count). The first-order valence-electron chi connectivity index (χ1n) is 5.39. The van der Waals surface area contributed by atoms with E-state index in [0.29, 0.717) is 6.54 Å². The van der Waals surface area contributed by atoms with E-state index in [2.05, 4.69) is 21.2 Å². The fourth-order valence-corrected chi connectivity index (χ4v) is 1.56. The van der Waals surface area contributed by atoms with E-state index in [4.69, 9.17) is 5.11 Å². The summed E-state index contributed by atoms with van der Waals surface area (Å²) in [5.74, 6) is -1.06. The number of carboxylic acid groups (broad SMARTS) is 1. The lowest BCUT2D eigenvalue weighted by atomic mass is 10.2. The van der Waals surface area contributed by atoms with Gasteiger partial charge in [0.15, 0.2) is 0 Å². The Balaban J connectivity index is 2.54. The summed E-state index contributed by atoms with van der Waals surface area (Å²) >= 11 is 3.33. The van der Waals surface area contributed by atoms with Gasteiger partial charge in [-0.3, -0.25) is 4.79 Å². The average Bonchev–Trinajstić information content (AvgIpc) is 2.31. The molecule has 0 radical (unpaired) electrons. The first kappa shape index (κ1) is 14.5. The molecular weight excluding hydrogens is 300 g/mol. The monoisotopic (exact) mass is 314 g/mol. The predicted octanol–water partition coefficient (Wildman–Crippen LogP) is 2.06. The molecule has 0 aliphatic carbocycles. The number of amides is 2. The number of nitrogens with one attached hydrogen (secondary N) is 1. The van der Waals surface area contributed by atoms with Crippen LogP contribution in [-0.2, 0) is 11.3 Å². The van der Waals surface area contributed by atoms with Crippen LogP contribution >= 0.6 is 15.9 Å². The molecule has 0 aromatic heterocycles. The molecule has 0 heterocycles. The number of hydrogen-bond donors (Lipinski definition) is 2. The number of aliphatic carboxylic acids is 1. The number of carboxylic acids is 1. The third-order valence-corrected chi connectivity index (χ3v) is 2.92. The molecule has 0 saturated carbocycles. The minimum atomic E-state index is -1.06. The molecule has 2 amide bonds. The molecule has 1 aromatic rings. The van der Waals surface area contributed by atoms with Crippen molar-refractivity contribution >= 4 is 27.9 Å². The zero-order valence-corrected chi connectivity index (χ0v) is 11.8. The van der Waals surface area contributed by atoms with Crippen molar-refractivity contribution in [3.8, 4) is 0 Å². The van der Waals surface area contributed by atoms with Crippen LogP contribution < -0.4 is 5.32 Å². The summed E-state index contributed by atoms with van der Waals surface area (Å²) in [4.78, 5) is 23.7. The number of nitrogens with zero attached hydrogens (tertiary/aromatic N) is 1. The quantitative estimate of drug-likeness (QED) is 0.893. The van der Waals surface area contributed by atoms with Crippen LogP contribution in [0.5, 0.6) is 0 Å². The summed E-state index contributed by atoms with van der Waals surface area (Å²) in [6.07, 6.45) is 0. The normalized spacial score (nSPS) is 11.7. The molecule has 0 aliphatic heterocycles. The SMILES string of the molecule is C[C@H](NC(=O)N(C)Cc1ccc(Br)cc1)C(=O)O. The Morgan fingerprint density at radius 2 is 1.94 bits per heavy atom. The van der Waals surface area contributed by atoms with Gasteiger partial charge in [0.2, 0.25) is 0 Å². The zero-order chi connectivity index (χ0) is 13.7. The Kier molecular flexibility index (Phi) is 5.15. The van der Waals surface area contributed by atoms with Crippen LogP contribution in [0.25, 0.3) is 0 Å². The van der Waals surface area contributed by atoms with Crippen LogP contribution in [-0.4, -0.2) is 35.1 Å². The molecular formula is C12H15BrN2O3. The summed E-state index contributed by atoms with van der Waals surface area (Å²) in [6.45, 7) is 1.85. The maximum Gasteiger partial charge on any atom is 0.325 e. The smallest absolute Gasteiger partial charge is 0.325 e. The second-order valence-electron chi connectivity index (χ2n) is 3.99. The summed E-state index contributed by atoms with van der Waals surface area (Å²) in [5.41, 5.74) is 0.971. The van der Waals surface area contributed by atoms with Crippen LogP contribution in [0.1, 0.15) is 12.5 Å². The molecule has 0 fully saturated rings. The minimum absolute atomic E-state index is 0.409. The molecule has 0 aliphatic rings. The van der Waals surface area contributed by atoms with Gasteiger partial charge in [0, 0.05) is 18.1 Å². The highest BCUT2D eigenvalue weighted by Crippen LogP contribution is 2.11. The molecule has 1 atom stereocenters. The standard InChI is InChI=1S/C12H15BrN2O3/c1-8(11(16)17)14-12(18)15(2)7-9-3-5-10(13)6-4-9/h3-6,8H,7H2,1-2H3,(H,14,18)(H,16,17)/t8-/m0/s1. The van der Waals surface area contributed by atoms with Gasteiger partial charge in [-0.05, 0) is 24.6 Å². The van der Waals surface area contributed by atoms with Crippen LogP contribution in [0.15, 0.2) is 28.7 Å². The summed E-state index contributed by atoms with van der Waals surface area (Å²) in [5, 5.41) is 11.1. The number of hydrogen-bond acceptors (Lipinski definition) is 2. The molecule has 0 spiro atoms. The van der Waals surface area contributed by atoms with Crippen LogP contribution in [0.2, 0.25) is 0 Å². The van der Waals surface area contributed by atoms with E-state index in [9.17, 15) is 9.59 Å². The number of carbonyl (C=O) groups is 2. The van der Waals surface area contributed by atoms with E-state index in [1.165, 1.54) is 11.8 Å². The highest BCUT2D eigenvalue weighted by molar-refractivity contribution is 9.10. The van der Waals surface area contributed by atoms with Crippen molar-refractivity contribution in [1.82, 2.24) is 10.2 Å². The molecule has 2 N–H and O–H groups in total. The molecule has 6 heteroatoms. The van der Waals surface area contributed by atoms with Crippen molar-refractivity contribution in [1.29, 1.82) is 0 Å². The van der Waals surface area contributed by atoms with E-state index in [1.807, 2.05) is 24.3 Å². The van der Waals surface area contributed by atoms with Gasteiger partial charge in [0.1, 0.15) is 6.04 Å². The Morgan fingerprint density at radius 3 is 2.44 bits per heavy atom. The van der Waals surface area contributed by atoms with Gasteiger partial charge in [0.05, 0.1) is 0 Å². The topological polar surface area (TPSA) is 69.6 Å². The van der Waals surface area contributed by atoms with Gasteiger partial charge in [0.25, 0.3) is 0 Å². The van der Waals surface area contributed by atoms with Crippen LogP contribution in [0.3, 0.4) is 0 Å². The molecule has 0 saturated heterocycles. The molecule has 0 unspecified atom stereocenters. The van der Waals surface area contributed by atoms with E-state index >= 15 is 0 Å². The van der Waals surface area contributed by atoms with E-state index in [0.717, 1.165) is 10.0 Å². The number of rotatable bonds is 4. The number of urea groups is 1. The summed E-state index contributed by atoms with van der Waals surface area (Å²) in [7, 11) is 1.62. The molecule has 98 valence electrons. The highest BCUT2D eigenvalue weighted by Gasteiger charge is 2.16. The van der Waals surface area contributed by atoms with Gasteiger partial charge < -0.3 is 15.3 Å². The van der Waals surface area contributed by atoms with Crippen molar-refractivity contribution in [2.24, 2.45) is 0 Å². The Bertz CT molecular complexity index is 433. The van der Waals surface area contributed by atoms with Crippen molar-refractivity contribution in [3.05, 3.63) is 34.3 Å². The molecule has 5 nitrogen and oxygen atoms in total. The van der Waals surface area contributed by atoms with E-state index < -0.39 is 18.0 Å².